The van der Waals surface area contributed by atoms with Gasteiger partial charge in [-0.3, -0.25) is 0 Å². The second-order valence-electron chi connectivity index (χ2n) is 3.33. The van der Waals surface area contributed by atoms with Gasteiger partial charge in [0.1, 0.15) is 0 Å². The van der Waals surface area contributed by atoms with Crippen LogP contribution < -0.4 is 5.32 Å². The summed E-state index contributed by atoms with van der Waals surface area (Å²) < 4.78 is 0. The maximum absolute atomic E-state index is 9.47. The van der Waals surface area contributed by atoms with Crippen LogP contribution >= 0.6 is 0 Å². The average molecular weight is 175 g/mol. The van der Waals surface area contributed by atoms with Crippen LogP contribution in [0.1, 0.15) is 19.8 Å². The van der Waals surface area contributed by atoms with E-state index in [1.165, 1.54) is 0 Å². The summed E-state index contributed by atoms with van der Waals surface area (Å²) in [6.07, 6.45) is 0.225. The van der Waals surface area contributed by atoms with Crippen LogP contribution in [0.15, 0.2) is 0 Å². The van der Waals surface area contributed by atoms with E-state index in [2.05, 4.69) is 5.32 Å². The van der Waals surface area contributed by atoms with Crippen LogP contribution in [-0.4, -0.2) is 46.2 Å². The zero-order valence-corrected chi connectivity index (χ0v) is 7.27. The largest absolute Gasteiger partial charge is 0.395 e. The fraction of sp³-hybridized carbons (Fsp3) is 1.00. The summed E-state index contributed by atoms with van der Waals surface area (Å²) in [4.78, 5) is 0. The van der Waals surface area contributed by atoms with Crippen molar-refractivity contribution in [2.45, 2.75) is 44.1 Å². The van der Waals surface area contributed by atoms with Gasteiger partial charge < -0.3 is 20.6 Å². The third-order valence-corrected chi connectivity index (χ3v) is 2.40. The lowest BCUT2D eigenvalue weighted by molar-refractivity contribution is 0.0188. The molecule has 0 unspecified atom stereocenters. The first kappa shape index (κ1) is 9.92. The van der Waals surface area contributed by atoms with Crippen molar-refractivity contribution in [1.82, 2.24) is 5.32 Å². The van der Waals surface area contributed by atoms with Crippen LogP contribution in [0.2, 0.25) is 0 Å². The first-order valence-corrected chi connectivity index (χ1v) is 4.43. The lowest BCUT2D eigenvalue weighted by atomic mass is 10.1. The maximum Gasteiger partial charge on any atom is 0.0989 e. The lowest BCUT2D eigenvalue weighted by Crippen LogP contribution is -2.36. The quantitative estimate of drug-likeness (QED) is 0.436. The molecule has 4 nitrogen and oxygen atoms in total. The summed E-state index contributed by atoms with van der Waals surface area (Å²) in [5.41, 5.74) is 0. The van der Waals surface area contributed by atoms with Crippen LogP contribution in [0.4, 0.5) is 0 Å². The molecule has 72 valence electrons. The molecule has 0 radical (unpaired) electrons. The van der Waals surface area contributed by atoms with Crippen molar-refractivity contribution >= 4 is 0 Å². The van der Waals surface area contributed by atoms with Gasteiger partial charge in [-0.2, -0.15) is 0 Å². The van der Waals surface area contributed by atoms with Gasteiger partial charge in [-0.1, -0.05) is 13.3 Å². The van der Waals surface area contributed by atoms with Gasteiger partial charge in [-0.05, 0) is 6.42 Å². The van der Waals surface area contributed by atoms with Gasteiger partial charge in [-0.15, -0.1) is 0 Å². The second-order valence-corrected chi connectivity index (χ2v) is 3.33. The molecule has 1 aliphatic rings. The van der Waals surface area contributed by atoms with E-state index in [-0.39, 0.29) is 18.7 Å². The van der Waals surface area contributed by atoms with Gasteiger partial charge in [0.05, 0.1) is 24.9 Å². The topological polar surface area (TPSA) is 72.7 Å². The van der Waals surface area contributed by atoms with E-state index in [1.807, 2.05) is 6.92 Å². The number of hydrogen-bond acceptors (Lipinski definition) is 4. The van der Waals surface area contributed by atoms with Gasteiger partial charge in [-0.25, -0.2) is 0 Å². The highest BCUT2D eigenvalue weighted by molar-refractivity contribution is 4.97. The van der Waals surface area contributed by atoms with Crippen molar-refractivity contribution < 1.29 is 15.3 Å². The van der Waals surface area contributed by atoms with Crippen molar-refractivity contribution in [2.24, 2.45) is 0 Å². The Morgan fingerprint density at radius 1 is 1.17 bits per heavy atom. The first-order valence-electron chi connectivity index (χ1n) is 4.43. The third-order valence-electron chi connectivity index (χ3n) is 2.40. The third kappa shape index (κ3) is 1.77. The molecular formula is C8H17NO3. The molecule has 1 aliphatic heterocycles. The Kier molecular flexibility index (Phi) is 3.46. The monoisotopic (exact) mass is 175 g/mol. The van der Waals surface area contributed by atoms with Gasteiger partial charge in [0.25, 0.3) is 0 Å². The number of rotatable bonds is 3. The Labute approximate surface area is 72.2 Å². The molecule has 0 amide bonds. The molecule has 4 N–H and O–H groups in total. The molecule has 1 fully saturated rings. The van der Waals surface area contributed by atoms with Crippen molar-refractivity contribution in [2.75, 3.05) is 6.61 Å². The van der Waals surface area contributed by atoms with Crippen molar-refractivity contribution in [3.8, 4) is 0 Å². The van der Waals surface area contributed by atoms with Gasteiger partial charge in [0.2, 0.25) is 0 Å². The molecular weight excluding hydrogens is 158 g/mol. The Morgan fingerprint density at radius 2 is 1.75 bits per heavy atom. The molecule has 0 aromatic heterocycles. The van der Waals surface area contributed by atoms with E-state index in [9.17, 15) is 10.2 Å². The molecule has 0 spiro atoms. The zero-order valence-electron chi connectivity index (χ0n) is 7.27. The van der Waals surface area contributed by atoms with Crippen molar-refractivity contribution in [3.05, 3.63) is 0 Å². The smallest absolute Gasteiger partial charge is 0.0989 e. The van der Waals surface area contributed by atoms with Crippen molar-refractivity contribution in [1.29, 1.82) is 0 Å². The van der Waals surface area contributed by atoms with E-state index in [1.54, 1.807) is 0 Å². The molecule has 0 aromatic carbocycles. The standard InChI is InChI=1S/C8H17NO3/c1-2-3-5-7(11)8(12)6(4-10)9-5/h5-12H,2-4H2,1H3/t5-,6+,7-,8-/m0/s1. The molecule has 1 saturated heterocycles. The normalized spacial score (nSPS) is 42.0. The van der Waals surface area contributed by atoms with E-state index in [4.69, 9.17) is 5.11 Å². The minimum atomic E-state index is -0.827. The molecule has 1 rings (SSSR count). The van der Waals surface area contributed by atoms with E-state index in [0.717, 1.165) is 12.8 Å². The van der Waals surface area contributed by atoms with Crippen LogP contribution in [0.3, 0.4) is 0 Å². The van der Waals surface area contributed by atoms with E-state index in [0.29, 0.717) is 0 Å². The minimum absolute atomic E-state index is 0.0675. The van der Waals surface area contributed by atoms with Crippen LogP contribution in [0.5, 0.6) is 0 Å². The Balaban J connectivity index is 2.48. The highest BCUT2D eigenvalue weighted by Crippen LogP contribution is 2.17. The molecule has 0 bridgehead atoms. The average Bonchev–Trinajstić information content (AvgIpc) is 2.33. The molecule has 4 heteroatoms. The molecule has 12 heavy (non-hydrogen) atoms. The number of hydrogen-bond donors (Lipinski definition) is 4. The molecule has 0 saturated carbocycles. The fourth-order valence-electron chi connectivity index (χ4n) is 1.67. The summed E-state index contributed by atoms with van der Waals surface area (Å²) in [5.74, 6) is 0. The number of aliphatic hydroxyl groups is 3. The van der Waals surface area contributed by atoms with Gasteiger partial charge in [0.15, 0.2) is 0 Å². The van der Waals surface area contributed by atoms with Gasteiger partial charge >= 0.3 is 0 Å². The molecule has 1 heterocycles. The Hall–Kier alpha value is -0.160. The predicted molar refractivity (Wildman–Crippen MR) is 44.7 cm³/mol. The second kappa shape index (κ2) is 4.18. The summed E-state index contributed by atoms with van der Waals surface area (Å²) in [7, 11) is 0. The van der Waals surface area contributed by atoms with Gasteiger partial charge in [0, 0.05) is 6.04 Å². The van der Waals surface area contributed by atoms with E-state index < -0.39 is 12.2 Å². The maximum atomic E-state index is 9.47. The zero-order chi connectivity index (χ0) is 9.14. The Bertz CT molecular complexity index is 142. The van der Waals surface area contributed by atoms with Crippen molar-refractivity contribution in [3.63, 3.8) is 0 Å². The van der Waals surface area contributed by atoms with E-state index >= 15 is 0 Å². The summed E-state index contributed by atoms with van der Waals surface area (Å²) >= 11 is 0. The highest BCUT2D eigenvalue weighted by atomic mass is 16.3. The van der Waals surface area contributed by atoms with Crippen LogP contribution in [0, 0.1) is 0 Å². The Morgan fingerprint density at radius 3 is 2.17 bits per heavy atom. The minimum Gasteiger partial charge on any atom is -0.395 e. The summed E-state index contributed by atoms with van der Waals surface area (Å²) in [6, 6.07) is -0.432. The highest BCUT2D eigenvalue weighted by Gasteiger charge is 2.39. The molecule has 0 aromatic rings. The van der Waals surface area contributed by atoms with Crippen LogP contribution in [-0.2, 0) is 0 Å². The lowest BCUT2D eigenvalue weighted by Gasteiger charge is -2.14. The first-order chi connectivity index (χ1) is 5.70. The number of aliphatic hydroxyl groups excluding tert-OH is 3. The number of nitrogens with one attached hydrogen (secondary N) is 1. The predicted octanol–water partition coefficient (Wildman–Crippen LogP) is -1.16. The molecule has 4 atom stereocenters. The molecule has 0 aliphatic carbocycles. The fourth-order valence-corrected chi connectivity index (χ4v) is 1.67. The van der Waals surface area contributed by atoms with Crippen LogP contribution in [0.25, 0.3) is 0 Å². The summed E-state index contributed by atoms with van der Waals surface area (Å²) in [5, 5.41) is 30.6. The SMILES string of the molecule is CCC[C@@H]1N[C@H](CO)[C@H](O)[C@H]1O. The summed E-state index contributed by atoms with van der Waals surface area (Å²) in [6.45, 7) is 1.89.